The van der Waals surface area contributed by atoms with Crippen molar-refractivity contribution in [1.29, 1.82) is 0 Å². The normalized spacial score (nSPS) is 22.6. The predicted octanol–water partition coefficient (Wildman–Crippen LogP) is 1.06. The van der Waals surface area contributed by atoms with Gasteiger partial charge in [-0.3, -0.25) is 9.59 Å². The summed E-state index contributed by atoms with van der Waals surface area (Å²) in [5.74, 6) is -0.518. The zero-order chi connectivity index (χ0) is 19.6. The Bertz CT molecular complexity index is 803. The van der Waals surface area contributed by atoms with Crippen molar-refractivity contribution in [3.8, 4) is 5.75 Å². The summed E-state index contributed by atoms with van der Waals surface area (Å²) in [7, 11) is -2.50. The Labute approximate surface area is 159 Å². The van der Waals surface area contributed by atoms with Gasteiger partial charge >= 0.3 is 0 Å². The highest BCUT2D eigenvalue weighted by Gasteiger charge is 2.46. The fourth-order valence-corrected chi connectivity index (χ4v) is 5.46. The number of sulfonamides is 1. The van der Waals surface area contributed by atoms with Crippen LogP contribution in [-0.2, 0) is 19.6 Å². The van der Waals surface area contributed by atoms with E-state index < -0.39 is 22.1 Å². The molecule has 1 aromatic carbocycles. The van der Waals surface area contributed by atoms with E-state index in [1.165, 1.54) is 24.1 Å². The van der Waals surface area contributed by atoms with Crippen molar-refractivity contribution in [1.82, 2.24) is 9.21 Å². The third-order valence-corrected chi connectivity index (χ3v) is 7.13. The highest BCUT2D eigenvalue weighted by molar-refractivity contribution is 7.89. The molecule has 27 heavy (non-hydrogen) atoms. The van der Waals surface area contributed by atoms with Gasteiger partial charge in [0.05, 0.1) is 12.0 Å². The number of ether oxygens (including phenoxy) is 1. The van der Waals surface area contributed by atoms with Gasteiger partial charge in [-0.1, -0.05) is 19.3 Å². The van der Waals surface area contributed by atoms with Crippen LogP contribution >= 0.6 is 0 Å². The molecular weight excluding hydrogens is 370 g/mol. The number of nitrogens with two attached hydrogens (primary N) is 1. The first-order chi connectivity index (χ1) is 12.9. The monoisotopic (exact) mass is 395 g/mol. The lowest BCUT2D eigenvalue weighted by Gasteiger charge is -2.45. The molecule has 1 aliphatic carbocycles. The fraction of sp³-hybridized carbons (Fsp3) is 0.556. The molecule has 0 unspecified atom stereocenters. The quantitative estimate of drug-likeness (QED) is 0.802. The molecule has 0 aromatic heterocycles. The second kappa shape index (κ2) is 7.85. The molecule has 1 aromatic rings. The first-order valence-corrected chi connectivity index (χ1v) is 10.6. The van der Waals surface area contributed by atoms with Crippen LogP contribution in [0.3, 0.4) is 0 Å². The Balaban J connectivity index is 1.96. The van der Waals surface area contributed by atoms with Gasteiger partial charge in [-0.25, -0.2) is 8.42 Å². The number of carbonyl (C=O) groups is 2. The summed E-state index contributed by atoms with van der Waals surface area (Å²) in [5, 5.41) is 0. The van der Waals surface area contributed by atoms with Crippen LogP contribution in [0.1, 0.15) is 38.5 Å². The minimum atomic E-state index is -3.99. The molecule has 0 radical (unpaired) electrons. The van der Waals surface area contributed by atoms with Crippen LogP contribution < -0.4 is 10.5 Å². The topological polar surface area (TPSA) is 110 Å². The highest BCUT2D eigenvalue weighted by Crippen LogP contribution is 2.31. The Hall–Kier alpha value is -2.13. The van der Waals surface area contributed by atoms with E-state index in [-0.39, 0.29) is 29.8 Å². The molecule has 2 fully saturated rings. The molecule has 0 spiro atoms. The molecule has 2 aliphatic rings. The Morgan fingerprint density at radius 2 is 1.78 bits per heavy atom. The average molecular weight is 395 g/mol. The van der Waals surface area contributed by atoms with Gasteiger partial charge in [0.1, 0.15) is 5.75 Å². The first kappa shape index (κ1) is 19.6. The second-order valence-electron chi connectivity index (χ2n) is 6.91. The van der Waals surface area contributed by atoms with Crippen molar-refractivity contribution in [3.05, 3.63) is 24.3 Å². The number of benzene rings is 1. The van der Waals surface area contributed by atoms with E-state index in [0.29, 0.717) is 5.75 Å². The van der Waals surface area contributed by atoms with Crippen molar-refractivity contribution < 1.29 is 22.7 Å². The minimum absolute atomic E-state index is 0.0347. The number of hydrogen-bond acceptors (Lipinski definition) is 5. The number of nitrogens with zero attached hydrogens (tertiary/aromatic N) is 2. The molecule has 9 heteroatoms. The molecule has 3 rings (SSSR count). The zero-order valence-corrected chi connectivity index (χ0v) is 16.2. The molecule has 148 valence electrons. The summed E-state index contributed by atoms with van der Waals surface area (Å²) in [6.07, 6.45) is 3.23. The van der Waals surface area contributed by atoms with Gasteiger partial charge in [-0.2, -0.15) is 4.31 Å². The number of hydrogen-bond donors (Lipinski definition) is 1. The van der Waals surface area contributed by atoms with Gasteiger partial charge in [0.15, 0.2) is 6.17 Å². The van der Waals surface area contributed by atoms with E-state index in [1.807, 2.05) is 0 Å². The van der Waals surface area contributed by atoms with Crippen LogP contribution in [-0.4, -0.2) is 55.3 Å². The molecule has 1 heterocycles. The Morgan fingerprint density at radius 1 is 1.15 bits per heavy atom. The van der Waals surface area contributed by atoms with E-state index >= 15 is 0 Å². The fourth-order valence-electron chi connectivity index (χ4n) is 3.91. The van der Waals surface area contributed by atoms with E-state index in [2.05, 4.69) is 0 Å². The second-order valence-corrected chi connectivity index (χ2v) is 8.80. The standard InChI is InChI=1S/C18H25N3O5S/c1-26-14-7-9-15(10-8-14)27(24,25)20-12-11-16(22)21(18(20)17(19)23)13-5-3-2-4-6-13/h7-10,13,18H,2-6,11-12H2,1H3,(H2,19,23)/t18-/m0/s1. The lowest BCUT2D eigenvalue weighted by Crippen LogP contribution is -2.65. The predicted molar refractivity (Wildman–Crippen MR) is 98.2 cm³/mol. The number of amides is 2. The minimum Gasteiger partial charge on any atom is -0.497 e. The Kier molecular flexibility index (Phi) is 5.71. The summed E-state index contributed by atoms with van der Waals surface area (Å²) in [4.78, 5) is 26.3. The summed E-state index contributed by atoms with van der Waals surface area (Å²) < 4.78 is 32.5. The van der Waals surface area contributed by atoms with Crippen LogP contribution in [0.25, 0.3) is 0 Å². The van der Waals surface area contributed by atoms with Gasteiger partial charge in [0.2, 0.25) is 15.9 Å². The molecule has 0 bridgehead atoms. The maximum atomic E-state index is 13.2. The van der Waals surface area contributed by atoms with Crippen LogP contribution in [0.4, 0.5) is 0 Å². The van der Waals surface area contributed by atoms with E-state index in [1.54, 1.807) is 12.1 Å². The van der Waals surface area contributed by atoms with Gasteiger partial charge in [0.25, 0.3) is 5.91 Å². The van der Waals surface area contributed by atoms with Gasteiger partial charge in [-0.05, 0) is 37.1 Å². The van der Waals surface area contributed by atoms with Gasteiger partial charge in [-0.15, -0.1) is 0 Å². The molecule has 8 nitrogen and oxygen atoms in total. The van der Waals surface area contributed by atoms with E-state index in [0.717, 1.165) is 36.4 Å². The number of rotatable bonds is 5. The maximum Gasteiger partial charge on any atom is 0.256 e. The third kappa shape index (κ3) is 3.79. The van der Waals surface area contributed by atoms with E-state index in [4.69, 9.17) is 10.5 Å². The van der Waals surface area contributed by atoms with Gasteiger partial charge in [0, 0.05) is 19.0 Å². The molecule has 1 saturated heterocycles. The average Bonchev–Trinajstić information content (AvgIpc) is 2.68. The van der Waals surface area contributed by atoms with Crippen LogP contribution in [0.15, 0.2) is 29.2 Å². The summed E-state index contributed by atoms with van der Waals surface area (Å²) in [6, 6.07) is 5.78. The van der Waals surface area contributed by atoms with Crippen LogP contribution in [0.2, 0.25) is 0 Å². The smallest absolute Gasteiger partial charge is 0.256 e. The molecular formula is C18H25N3O5S. The number of carbonyl (C=O) groups excluding carboxylic acids is 2. The largest absolute Gasteiger partial charge is 0.497 e. The maximum absolute atomic E-state index is 13.2. The molecule has 2 N–H and O–H groups in total. The molecule has 1 aliphatic heterocycles. The highest BCUT2D eigenvalue weighted by atomic mass is 32.2. The van der Waals surface area contributed by atoms with Crippen molar-refractivity contribution in [2.75, 3.05) is 13.7 Å². The summed E-state index contributed by atoms with van der Waals surface area (Å²) in [5.41, 5.74) is 5.58. The van der Waals surface area contributed by atoms with Crippen molar-refractivity contribution >= 4 is 21.8 Å². The number of primary amides is 1. The van der Waals surface area contributed by atoms with E-state index in [9.17, 15) is 18.0 Å². The first-order valence-electron chi connectivity index (χ1n) is 9.12. The zero-order valence-electron chi connectivity index (χ0n) is 15.3. The third-order valence-electron chi connectivity index (χ3n) is 5.26. The van der Waals surface area contributed by atoms with Crippen LogP contribution in [0, 0.1) is 0 Å². The summed E-state index contributed by atoms with van der Waals surface area (Å²) in [6.45, 7) is -0.0655. The number of methoxy groups -OCH3 is 1. The summed E-state index contributed by atoms with van der Waals surface area (Å²) >= 11 is 0. The SMILES string of the molecule is COc1ccc(S(=O)(=O)N2CCC(=O)N(C3CCCCC3)[C@H]2C(N)=O)cc1. The lowest BCUT2D eigenvalue weighted by molar-refractivity contribution is -0.152. The Morgan fingerprint density at radius 3 is 2.33 bits per heavy atom. The lowest BCUT2D eigenvalue weighted by atomic mass is 9.93. The van der Waals surface area contributed by atoms with Crippen molar-refractivity contribution in [2.45, 2.75) is 55.6 Å². The van der Waals surface area contributed by atoms with Gasteiger partial charge < -0.3 is 15.4 Å². The van der Waals surface area contributed by atoms with Crippen molar-refractivity contribution in [2.24, 2.45) is 5.73 Å². The van der Waals surface area contributed by atoms with Crippen molar-refractivity contribution in [3.63, 3.8) is 0 Å². The molecule has 2 amide bonds. The molecule has 1 atom stereocenters. The van der Waals surface area contributed by atoms with Crippen LogP contribution in [0.5, 0.6) is 5.75 Å². The molecule has 1 saturated carbocycles.